The van der Waals surface area contributed by atoms with Gasteiger partial charge < -0.3 is 5.32 Å². The van der Waals surface area contributed by atoms with Gasteiger partial charge in [-0.15, -0.1) is 0 Å². The van der Waals surface area contributed by atoms with Crippen LogP contribution in [0.4, 0.5) is 5.69 Å². The first-order chi connectivity index (χ1) is 9.27. The molecule has 0 radical (unpaired) electrons. The normalized spacial score (nSPS) is 11.3. The molecule has 2 rings (SSSR count). The molecule has 2 aromatic rings. The zero-order chi connectivity index (χ0) is 14.9. The smallest absolute Gasteiger partial charge is 0.261 e. The van der Waals surface area contributed by atoms with E-state index in [1.54, 1.807) is 20.2 Å². The second kappa shape index (κ2) is 5.26. The number of anilines is 1. The molecule has 1 N–H and O–H groups in total. The number of halogens is 1. The van der Waals surface area contributed by atoms with Gasteiger partial charge in [-0.25, -0.2) is 8.42 Å². The van der Waals surface area contributed by atoms with Crippen molar-refractivity contribution in [2.45, 2.75) is 11.8 Å². The van der Waals surface area contributed by atoms with Crippen LogP contribution in [-0.2, 0) is 16.1 Å². The molecule has 0 saturated carbocycles. The van der Waals surface area contributed by atoms with Gasteiger partial charge in [0, 0.05) is 29.6 Å². The molecule has 0 saturated heterocycles. The Hall–Kier alpha value is -1.86. The molecule has 0 fully saturated rings. The molecule has 1 aromatic carbocycles. The van der Waals surface area contributed by atoms with Gasteiger partial charge in [0.2, 0.25) is 0 Å². The monoisotopic (exact) mass is 313 g/mol. The van der Waals surface area contributed by atoms with E-state index in [0.29, 0.717) is 16.8 Å². The lowest BCUT2D eigenvalue weighted by atomic mass is 10.2. The number of hydrogen-bond acceptors (Lipinski definition) is 4. The van der Waals surface area contributed by atoms with Crippen LogP contribution in [-0.4, -0.2) is 24.1 Å². The van der Waals surface area contributed by atoms with Crippen LogP contribution in [0.15, 0.2) is 35.5 Å². The van der Waals surface area contributed by atoms with Gasteiger partial charge in [0.05, 0.1) is 16.7 Å². The first kappa shape index (κ1) is 14.5. The predicted molar refractivity (Wildman–Crippen MR) is 75.4 cm³/mol. The van der Waals surface area contributed by atoms with E-state index in [1.165, 1.54) is 29.1 Å². The molecule has 1 aromatic heterocycles. The number of amides is 1. The summed E-state index contributed by atoms with van der Waals surface area (Å²) in [5, 5.41) is 6.60. The Morgan fingerprint density at radius 2 is 2.10 bits per heavy atom. The van der Waals surface area contributed by atoms with Crippen LogP contribution in [0, 0.1) is 6.92 Å². The van der Waals surface area contributed by atoms with Crippen LogP contribution in [0.2, 0.25) is 0 Å². The van der Waals surface area contributed by atoms with Crippen molar-refractivity contribution in [1.29, 1.82) is 0 Å². The summed E-state index contributed by atoms with van der Waals surface area (Å²) in [6, 6.07) is 4.24. The summed E-state index contributed by atoms with van der Waals surface area (Å²) in [7, 11) is 3.20. The number of rotatable bonds is 3. The third-order valence-corrected chi connectivity index (χ3v) is 4.05. The topological polar surface area (TPSA) is 81.1 Å². The number of carbonyl (C=O) groups is 1. The van der Waals surface area contributed by atoms with Gasteiger partial charge in [-0.05, 0) is 30.7 Å². The molecule has 106 valence electrons. The van der Waals surface area contributed by atoms with Gasteiger partial charge in [-0.1, -0.05) is 0 Å². The fraction of sp³-hybridized carbons (Fsp3) is 0.167. The van der Waals surface area contributed by atoms with E-state index in [1.807, 2.05) is 0 Å². The molecule has 20 heavy (non-hydrogen) atoms. The van der Waals surface area contributed by atoms with E-state index in [9.17, 15) is 13.2 Å². The average molecular weight is 314 g/mol. The number of aromatic nitrogens is 2. The van der Waals surface area contributed by atoms with Crippen molar-refractivity contribution in [2.75, 3.05) is 5.32 Å². The van der Waals surface area contributed by atoms with Crippen molar-refractivity contribution in [2.24, 2.45) is 7.05 Å². The molecule has 8 heteroatoms. The number of nitrogens with one attached hydrogen (secondary N) is 1. The highest BCUT2D eigenvalue weighted by atomic mass is 35.7. The predicted octanol–water partition coefficient (Wildman–Crippen LogP) is 1.91. The Bertz CT molecular complexity index is 768. The maximum atomic E-state index is 12.0. The van der Waals surface area contributed by atoms with E-state index < -0.39 is 9.05 Å². The molecule has 0 atom stereocenters. The summed E-state index contributed by atoms with van der Waals surface area (Å²) >= 11 is 0. The third-order valence-electron chi connectivity index (χ3n) is 2.69. The Morgan fingerprint density at radius 3 is 2.60 bits per heavy atom. The van der Waals surface area contributed by atoms with Gasteiger partial charge in [0.15, 0.2) is 0 Å². The van der Waals surface area contributed by atoms with E-state index >= 15 is 0 Å². The standard InChI is InChI=1S/C12H12ClN3O3S/c1-8-5-10(20(13,18)19)3-4-11(8)15-12(17)9-6-14-16(2)7-9/h3-7H,1-2H3,(H,15,17). The second-order valence-corrected chi connectivity index (χ2v) is 6.84. The maximum Gasteiger partial charge on any atom is 0.261 e. The first-order valence-corrected chi connectivity index (χ1v) is 7.93. The minimum atomic E-state index is -3.77. The molecule has 0 bridgehead atoms. The highest BCUT2D eigenvalue weighted by Gasteiger charge is 2.13. The first-order valence-electron chi connectivity index (χ1n) is 5.62. The summed E-state index contributed by atoms with van der Waals surface area (Å²) in [4.78, 5) is 11.9. The Kier molecular flexibility index (Phi) is 3.82. The molecule has 0 aliphatic carbocycles. The fourth-order valence-corrected chi connectivity index (χ4v) is 2.50. The molecule has 6 nitrogen and oxygen atoms in total. The van der Waals surface area contributed by atoms with E-state index in [2.05, 4.69) is 10.4 Å². The molecule has 1 amide bonds. The van der Waals surface area contributed by atoms with E-state index in [-0.39, 0.29) is 10.8 Å². The van der Waals surface area contributed by atoms with Crippen molar-refractivity contribution < 1.29 is 13.2 Å². The summed E-state index contributed by atoms with van der Waals surface area (Å²) in [6.45, 7) is 1.68. The number of carbonyl (C=O) groups excluding carboxylic acids is 1. The van der Waals surface area contributed by atoms with Crippen molar-refractivity contribution in [3.63, 3.8) is 0 Å². The van der Waals surface area contributed by atoms with Gasteiger partial charge >= 0.3 is 0 Å². The molecular formula is C12H12ClN3O3S. The van der Waals surface area contributed by atoms with Crippen molar-refractivity contribution >= 4 is 31.3 Å². The van der Waals surface area contributed by atoms with Crippen LogP contribution in [0.3, 0.4) is 0 Å². The quantitative estimate of drug-likeness (QED) is 0.878. The lowest BCUT2D eigenvalue weighted by Gasteiger charge is -2.08. The lowest BCUT2D eigenvalue weighted by Crippen LogP contribution is -2.12. The minimum absolute atomic E-state index is 0.00366. The summed E-state index contributed by atoms with van der Waals surface area (Å²) in [6.07, 6.45) is 3.03. The van der Waals surface area contributed by atoms with Gasteiger partial charge in [-0.3, -0.25) is 9.48 Å². The van der Waals surface area contributed by atoms with Crippen LogP contribution in [0.1, 0.15) is 15.9 Å². The van der Waals surface area contributed by atoms with E-state index in [4.69, 9.17) is 10.7 Å². The molecule has 0 aliphatic heterocycles. The maximum absolute atomic E-state index is 12.0. The number of benzene rings is 1. The zero-order valence-corrected chi connectivity index (χ0v) is 12.4. The number of nitrogens with zero attached hydrogens (tertiary/aromatic N) is 2. The Morgan fingerprint density at radius 1 is 1.40 bits per heavy atom. The highest BCUT2D eigenvalue weighted by molar-refractivity contribution is 8.13. The van der Waals surface area contributed by atoms with Gasteiger partial charge in [0.1, 0.15) is 0 Å². The molecule has 1 heterocycles. The second-order valence-electron chi connectivity index (χ2n) is 4.27. The summed E-state index contributed by atoms with van der Waals surface area (Å²) in [5.74, 6) is -0.317. The average Bonchev–Trinajstić information content (AvgIpc) is 2.77. The van der Waals surface area contributed by atoms with Crippen LogP contribution >= 0.6 is 10.7 Å². The van der Waals surface area contributed by atoms with Crippen molar-refractivity contribution in [3.8, 4) is 0 Å². The molecule has 0 aliphatic rings. The summed E-state index contributed by atoms with van der Waals surface area (Å²) in [5.41, 5.74) is 1.54. The van der Waals surface area contributed by atoms with Crippen LogP contribution in [0.5, 0.6) is 0 Å². The molecule has 0 unspecified atom stereocenters. The van der Waals surface area contributed by atoms with Gasteiger partial charge in [0.25, 0.3) is 15.0 Å². The van der Waals surface area contributed by atoms with Gasteiger partial charge in [-0.2, -0.15) is 5.10 Å². The van der Waals surface area contributed by atoms with Crippen LogP contribution < -0.4 is 5.32 Å². The fourth-order valence-electron chi connectivity index (χ4n) is 1.66. The lowest BCUT2D eigenvalue weighted by molar-refractivity contribution is 0.102. The minimum Gasteiger partial charge on any atom is -0.322 e. The van der Waals surface area contributed by atoms with Crippen LogP contribution in [0.25, 0.3) is 0 Å². The number of aryl methyl sites for hydroxylation is 2. The number of hydrogen-bond donors (Lipinski definition) is 1. The summed E-state index contributed by atoms with van der Waals surface area (Å²) < 4.78 is 23.9. The molecule has 0 spiro atoms. The zero-order valence-electron chi connectivity index (χ0n) is 10.8. The van der Waals surface area contributed by atoms with Crippen molar-refractivity contribution in [3.05, 3.63) is 41.7 Å². The third kappa shape index (κ3) is 3.17. The highest BCUT2D eigenvalue weighted by Crippen LogP contribution is 2.22. The molecular weight excluding hydrogens is 302 g/mol. The largest absolute Gasteiger partial charge is 0.322 e. The van der Waals surface area contributed by atoms with Crippen molar-refractivity contribution in [1.82, 2.24) is 9.78 Å². The van der Waals surface area contributed by atoms with E-state index in [0.717, 1.165) is 0 Å². The Labute approximate surface area is 120 Å². The SMILES string of the molecule is Cc1cc(S(=O)(=O)Cl)ccc1NC(=O)c1cnn(C)c1. The Balaban J connectivity index is 2.25.